The van der Waals surface area contributed by atoms with Crippen molar-refractivity contribution < 1.29 is 15.0 Å². The van der Waals surface area contributed by atoms with Crippen molar-refractivity contribution in [3.63, 3.8) is 0 Å². The molecule has 144 valence electrons. The summed E-state index contributed by atoms with van der Waals surface area (Å²) >= 11 is 6.12. The second kappa shape index (κ2) is 7.20. The molecule has 0 radical (unpaired) electrons. The molecule has 5 N–H and O–H groups in total. The van der Waals surface area contributed by atoms with Gasteiger partial charge in [0.05, 0.1) is 12.3 Å². The number of fused-ring (bicyclic) bond motifs is 2. The fraction of sp³-hybridized carbons (Fsp3) is 0.500. The molecular weight excluding hydrogens is 374 g/mol. The molecule has 2 fully saturated rings. The monoisotopic (exact) mass is 393 g/mol. The van der Waals surface area contributed by atoms with Gasteiger partial charge in [-0.1, -0.05) is 11.6 Å². The number of aromatic nitrogens is 4. The molecule has 4 heterocycles. The number of nitrogens with zero attached hydrogens (tertiary/aromatic N) is 4. The van der Waals surface area contributed by atoms with E-state index in [1.807, 2.05) is 0 Å². The predicted molar refractivity (Wildman–Crippen MR) is 98.2 cm³/mol. The summed E-state index contributed by atoms with van der Waals surface area (Å²) in [4.78, 5) is 21.6. The number of aromatic amines is 1. The van der Waals surface area contributed by atoms with E-state index in [2.05, 4.69) is 30.8 Å². The second-order valence-electron chi connectivity index (χ2n) is 6.85. The molecule has 0 saturated carbocycles. The number of hydrogen-bond donors (Lipinski definition) is 5. The molecule has 10 nitrogen and oxygen atoms in total. The SMILES string of the molecule is O=C(O)N1[C@@H]2CC[C@H]1CC(Nc1nc(Cl)cc(Nc3cc(CO)[nH]n3)n1)C2. The standard InChI is InChI=1S/C16H20ClN7O3/c17-12-6-13(20-14-5-9(7-25)22-23-14)21-15(19-12)18-8-3-10-1-2-11(4-8)24(10)16(26)27/h5-6,8,10-11,25H,1-4,7H2,(H,26,27)(H3,18,19,20,21,22,23)/t8?,10-,11+. The third-order valence-corrected chi connectivity index (χ3v) is 5.23. The van der Waals surface area contributed by atoms with Gasteiger partial charge in [0.25, 0.3) is 0 Å². The molecule has 0 aliphatic carbocycles. The van der Waals surface area contributed by atoms with E-state index in [-0.39, 0.29) is 29.9 Å². The molecule has 2 aromatic heterocycles. The Bertz CT molecular complexity index is 831. The maximum atomic E-state index is 11.4. The first kappa shape index (κ1) is 17.8. The Kier molecular flexibility index (Phi) is 4.75. The van der Waals surface area contributed by atoms with Gasteiger partial charge in [0.2, 0.25) is 5.95 Å². The first-order valence-corrected chi connectivity index (χ1v) is 9.14. The Morgan fingerprint density at radius 1 is 1.26 bits per heavy atom. The number of amides is 1. The quantitative estimate of drug-likeness (QED) is 0.487. The zero-order valence-corrected chi connectivity index (χ0v) is 15.1. The van der Waals surface area contributed by atoms with Crippen LogP contribution in [0, 0.1) is 0 Å². The molecule has 3 atom stereocenters. The highest BCUT2D eigenvalue weighted by atomic mass is 35.5. The fourth-order valence-electron chi connectivity index (χ4n) is 3.97. The van der Waals surface area contributed by atoms with Crippen molar-refractivity contribution >= 4 is 35.3 Å². The minimum atomic E-state index is -0.840. The van der Waals surface area contributed by atoms with Crippen LogP contribution in [0.2, 0.25) is 5.15 Å². The Hall–Kier alpha value is -2.59. The summed E-state index contributed by atoms with van der Waals surface area (Å²) in [6.07, 6.45) is 2.39. The number of nitrogens with one attached hydrogen (secondary N) is 3. The van der Waals surface area contributed by atoms with Gasteiger partial charge in [-0.25, -0.2) is 9.78 Å². The lowest BCUT2D eigenvalue weighted by Crippen LogP contribution is -2.49. The zero-order chi connectivity index (χ0) is 19.0. The number of rotatable bonds is 5. The molecule has 11 heteroatoms. The van der Waals surface area contributed by atoms with Crippen LogP contribution in [0.15, 0.2) is 12.1 Å². The van der Waals surface area contributed by atoms with Crippen LogP contribution in [-0.4, -0.2) is 59.5 Å². The van der Waals surface area contributed by atoms with Gasteiger partial charge < -0.3 is 25.7 Å². The van der Waals surface area contributed by atoms with E-state index < -0.39 is 6.09 Å². The van der Waals surface area contributed by atoms with E-state index in [0.29, 0.717) is 23.3 Å². The molecule has 4 rings (SSSR count). The lowest BCUT2D eigenvalue weighted by molar-refractivity contribution is 0.0993. The third-order valence-electron chi connectivity index (χ3n) is 5.04. The molecule has 2 aliphatic heterocycles. The Morgan fingerprint density at radius 2 is 2.00 bits per heavy atom. The lowest BCUT2D eigenvalue weighted by Gasteiger charge is -2.37. The normalized spacial score (nSPS) is 24.1. The summed E-state index contributed by atoms with van der Waals surface area (Å²) in [5.74, 6) is 1.36. The third kappa shape index (κ3) is 3.76. The van der Waals surface area contributed by atoms with Crippen molar-refractivity contribution in [2.45, 2.75) is 50.4 Å². The fourth-order valence-corrected chi connectivity index (χ4v) is 4.16. The molecule has 2 saturated heterocycles. The first-order chi connectivity index (χ1) is 13.0. The van der Waals surface area contributed by atoms with Crippen LogP contribution in [-0.2, 0) is 6.61 Å². The van der Waals surface area contributed by atoms with Crippen molar-refractivity contribution in [1.29, 1.82) is 0 Å². The molecule has 1 unspecified atom stereocenters. The molecule has 27 heavy (non-hydrogen) atoms. The highest BCUT2D eigenvalue weighted by Gasteiger charge is 2.43. The van der Waals surface area contributed by atoms with Crippen molar-refractivity contribution in [3.05, 3.63) is 23.0 Å². The highest BCUT2D eigenvalue weighted by molar-refractivity contribution is 6.29. The van der Waals surface area contributed by atoms with Crippen LogP contribution in [0.4, 0.5) is 22.4 Å². The number of carboxylic acid groups (broad SMARTS) is 1. The van der Waals surface area contributed by atoms with Gasteiger partial charge in [-0.3, -0.25) is 5.10 Å². The zero-order valence-electron chi connectivity index (χ0n) is 14.4. The molecule has 2 aliphatic rings. The summed E-state index contributed by atoms with van der Waals surface area (Å²) in [5, 5.41) is 31.8. The molecule has 2 aromatic rings. The highest BCUT2D eigenvalue weighted by Crippen LogP contribution is 2.36. The Morgan fingerprint density at radius 3 is 2.63 bits per heavy atom. The van der Waals surface area contributed by atoms with E-state index in [4.69, 9.17) is 16.7 Å². The van der Waals surface area contributed by atoms with Crippen LogP contribution < -0.4 is 10.6 Å². The number of hydrogen-bond acceptors (Lipinski definition) is 7. The van der Waals surface area contributed by atoms with Crippen LogP contribution >= 0.6 is 11.6 Å². The van der Waals surface area contributed by atoms with Crippen LogP contribution in [0.1, 0.15) is 31.4 Å². The minimum absolute atomic E-state index is 0.0384. The van der Waals surface area contributed by atoms with Crippen LogP contribution in [0.25, 0.3) is 0 Å². The summed E-state index contributed by atoms with van der Waals surface area (Å²) in [7, 11) is 0. The van der Waals surface area contributed by atoms with Gasteiger partial charge in [-0.15, -0.1) is 0 Å². The van der Waals surface area contributed by atoms with Gasteiger partial charge in [-0.2, -0.15) is 10.1 Å². The van der Waals surface area contributed by atoms with E-state index in [1.54, 1.807) is 17.0 Å². The van der Waals surface area contributed by atoms with Crippen molar-refractivity contribution in [2.24, 2.45) is 0 Å². The topological polar surface area (TPSA) is 139 Å². The van der Waals surface area contributed by atoms with E-state index in [0.717, 1.165) is 25.7 Å². The minimum Gasteiger partial charge on any atom is -0.465 e. The van der Waals surface area contributed by atoms with Gasteiger partial charge in [-0.05, 0) is 25.7 Å². The number of aliphatic hydroxyl groups is 1. The maximum absolute atomic E-state index is 11.4. The number of aliphatic hydroxyl groups excluding tert-OH is 1. The van der Waals surface area contributed by atoms with E-state index in [9.17, 15) is 9.90 Å². The molecule has 0 spiro atoms. The average molecular weight is 394 g/mol. The van der Waals surface area contributed by atoms with E-state index >= 15 is 0 Å². The smallest absolute Gasteiger partial charge is 0.407 e. The number of H-pyrrole nitrogens is 1. The van der Waals surface area contributed by atoms with Gasteiger partial charge in [0, 0.05) is 30.3 Å². The number of carbonyl (C=O) groups is 1. The largest absolute Gasteiger partial charge is 0.465 e. The predicted octanol–water partition coefficient (Wildman–Crippen LogP) is 2.17. The van der Waals surface area contributed by atoms with Gasteiger partial charge in [0.15, 0.2) is 5.82 Å². The average Bonchev–Trinajstić information content (AvgIpc) is 3.16. The van der Waals surface area contributed by atoms with Gasteiger partial charge >= 0.3 is 6.09 Å². The summed E-state index contributed by atoms with van der Waals surface area (Å²) in [6, 6.07) is 3.42. The van der Waals surface area contributed by atoms with E-state index in [1.165, 1.54) is 0 Å². The Labute approximate surface area is 160 Å². The van der Waals surface area contributed by atoms with Crippen LogP contribution in [0.3, 0.4) is 0 Å². The first-order valence-electron chi connectivity index (χ1n) is 8.76. The number of halogens is 1. The lowest BCUT2D eigenvalue weighted by atomic mass is 9.98. The van der Waals surface area contributed by atoms with Gasteiger partial charge in [0.1, 0.15) is 11.0 Å². The number of piperidine rings is 1. The second-order valence-corrected chi connectivity index (χ2v) is 7.24. The summed E-state index contributed by atoms with van der Waals surface area (Å²) < 4.78 is 0. The van der Waals surface area contributed by atoms with Crippen molar-refractivity contribution in [3.8, 4) is 0 Å². The maximum Gasteiger partial charge on any atom is 0.407 e. The summed E-state index contributed by atoms with van der Waals surface area (Å²) in [5.41, 5.74) is 0.580. The van der Waals surface area contributed by atoms with Crippen molar-refractivity contribution in [1.82, 2.24) is 25.1 Å². The number of anilines is 3. The van der Waals surface area contributed by atoms with Crippen molar-refractivity contribution in [2.75, 3.05) is 10.6 Å². The molecule has 2 bridgehead atoms. The summed E-state index contributed by atoms with van der Waals surface area (Å²) in [6.45, 7) is -0.136. The Balaban J connectivity index is 1.45. The van der Waals surface area contributed by atoms with Crippen LogP contribution in [0.5, 0.6) is 0 Å². The molecule has 0 aromatic carbocycles. The molecule has 1 amide bonds. The molecular formula is C16H20ClN7O3.